The van der Waals surface area contributed by atoms with E-state index < -0.39 is 35.7 Å². The molecule has 2 rings (SSSR count). The Morgan fingerprint density at radius 1 is 1.44 bits per heavy atom. The number of piperidine rings is 1. The third-order valence-electron chi connectivity index (χ3n) is 3.04. The van der Waals surface area contributed by atoms with Gasteiger partial charge in [0.1, 0.15) is 5.60 Å². The van der Waals surface area contributed by atoms with E-state index >= 15 is 0 Å². The van der Waals surface area contributed by atoms with E-state index in [-0.39, 0.29) is 19.6 Å². The van der Waals surface area contributed by atoms with Crippen LogP contribution in [-0.4, -0.2) is 53.8 Å². The van der Waals surface area contributed by atoms with Gasteiger partial charge in [-0.1, -0.05) is 0 Å². The molecule has 0 aromatic carbocycles. The minimum absolute atomic E-state index is 0.00307. The van der Waals surface area contributed by atoms with Crippen molar-refractivity contribution >= 4 is 11.9 Å². The van der Waals surface area contributed by atoms with E-state index in [0.717, 1.165) is 0 Å². The first-order valence-corrected chi connectivity index (χ1v) is 6.05. The molecule has 2 bridgehead atoms. The molecule has 2 aliphatic heterocycles. The molecule has 18 heavy (non-hydrogen) atoms. The number of alkyl halides is 1. The van der Waals surface area contributed by atoms with Gasteiger partial charge in [0.05, 0.1) is 25.3 Å². The molecule has 0 aromatic heterocycles. The number of carbonyl (C=O) groups excluding carboxylic acids is 2. The number of hydrogen-bond donors (Lipinski definition) is 0. The maximum atomic E-state index is 13.8. The molecule has 3 atom stereocenters. The lowest BCUT2D eigenvalue weighted by Crippen LogP contribution is -2.64. The molecule has 0 unspecified atom stereocenters. The Labute approximate surface area is 105 Å². The number of amides is 1. The molecule has 0 aromatic rings. The van der Waals surface area contributed by atoms with Crippen LogP contribution < -0.4 is 0 Å². The predicted molar refractivity (Wildman–Crippen MR) is 61.0 cm³/mol. The fourth-order valence-electron chi connectivity index (χ4n) is 2.30. The van der Waals surface area contributed by atoms with Crippen molar-refractivity contribution in [1.29, 1.82) is 0 Å². The second-order valence-electron chi connectivity index (χ2n) is 5.72. The average Bonchev–Trinajstić information content (AvgIpc) is 2.23. The van der Waals surface area contributed by atoms with Crippen molar-refractivity contribution in [2.75, 3.05) is 13.2 Å². The Morgan fingerprint density at radius 3 is 2.72 bits per heavy atom. The van der Waals surface area contributed by atoms with Crippen LogP contribution in [0.2, 0.25) is 0 Å². The third-order valence-corrected chi connectivity index (χ3v) is 3.04. The minimum atomic E-state index is -1.67. The fraction of sp³-hybridized carbons (Fsp3) is 0.833. The van der Waals surface area contributed by atoms with Crippen molar-refractivity contribution in [3.8, 4) is 0 Å². The number of nitrogens with zero attached hydrogens (tertiary/aromatic N) is 1. The molecule has 2 heterocycles. The van der Waals surface area contributed by atoms with Gasteiger partial charge in [0.2, 0.25) is 0 Å². The van der Waals surface area contributed by atoms with Gasteiger partial charge in [0.25, 0.3) is 0 Å². The van der Waals surface area contributed by atoms with Gasteiger partial charge in [-0.15, -0.1) is 0 Å². The van der Waals surface area contributed by atoms with Gasteiger partial charge in [-0.05, 0) is 20.8 Å². The largest absolute Gasteiger partial charge is 0.444 e. The number of Topliss-reactive ketones (excluding diaryl/α,β-unsaturated/α-hetero) is 1. The molecular formula is C12H18FNO4. The zero-order valence-corrected chi connectivity index (χ0v) is 10.8. The molecule has 5 nitrogen and oxygen atoms in total. The van der Waals surface area contributed by atoms with Crippen LogP contribution in [0.1, 0.15) is 27.2 Å². The highest BCUT2D eigenvalue weighted by Gasteiger charge is 2.49. The van der Waals surface area contributed by atoms with Crippen LogP contribution in [-0.2, 0) is 14.3 Å². The van der Waals surface area contributed by atoms with Crippen LogP contribution in [0.5, 0.6) is 0 Å². The van der Waals surface area contributed by atoms with E-state index in [9.17, 15) is 14.0 Å². The van der Waals surface area contributed by atoms with Crippen LogP contribution in [0.3, 0.4) is 0 Å². The molecule has 0 aliphatic carbocycles. The molecular weight excluding hydrogens is 241 g/mol. The highest BCUT2D eigenvalue weighted by atomic mass is 19.1. The van der Waals surface area contributed by atoms with Crippen LogP contribution in [0.25, 0.3) is 0 Å². The Kier molecular flexibility index (Phi) is 3.31. The highest BCUT2D eigenvalue weighted by molar-refractivity contribution is 5.87. The monoisotopic (exact) mass is 259 g/mol. The van der Waals surface area contributed by atoms with Crippen molar-refractivity contribution in [2.45, 2.75) is 51.0 Å². The molecule has 2 aliphatic rings. The van der Waals surface area contributed by atoms with E-state index in [1.807, 2.05) is 0 Å². The number of halogens is 1. The van der Waals surface area contributed by atoms with Crippen molar-refractivity contribution in [3.05, 3.63) is 0 Å². The van der Waals surface area contributed by atoms with Crippen LogP contribution in [0.15, 0.2) is 0 Å². The van der Waals surface area contributed by atoms with Gasteiger partial charge in [0, 0.05) is 6.42 Å². The quantitative estimate of drug-likeness (QED) is 0.658. The summed E-state index contributed by atoms with van der Waals surface area (Å²) < 4.78 is 24.3. The fourth-order valence-corrected chi connectivity index (χ4v) is 2.30. The van der Waals surface area contributed by atoms with Crippen LogP contribution in [0.4, 0.5) is 9.18 Å². The summed E-state index contributed by atoms with van der Waals surface area (Å²) in [6.45, 7) is 5.55. The number of fused-ring (bicyclic) bond motifs is 2. The maximum Gasteiger partial charge on any atom is 0.411 e. The van der Waals surface area contributed by atoms with E-state index in [4.69, 9.17) is 9.47 Å². The smallest absolute Gasteiger partial charge is 0.411 e. The maximum absolute atomic E-state index is 13.8. The molecule has 0 N–H and O–H groups in total. The van der Waals surface area contributed by atoms with Crippen LogP contribution in [0, 0.1) is 0 Å². The Bertz CT molecular complexity index is 366. The zero-order valence-electron chi connectivity index (χ0n) is 10.8. The SMILES string of the molecule is CC(C)(C)OC(=O)N1[C@@H]2COC[C@H]1[C@H](F)C(=O)C2. The van der Waals surface area contributed by atoms with Crippen molar-refractivity contribution in [2.24, 2.45) is 0 Å². The van der Waals surface area contributed by atoms with E-state index in [2.05, 4.69) is 0 Å². The molecule has 2 fully saturated rings. The second kappa shape index (κ2) is 4.50. The first kappa shape index (κ1) is 13.3. The first-order chi connectivity index (χ1) is 8.29. The lowest BCUT2D eigenvalue weighted by molar-refractivity contribution is -0.145. The molecule has 1 amide bonds. The lowest BCUT2D eigenvalue weighted by atomic mass is 9.92. The zero-order chi connectivity index (χ0) is 13.5. The molecule has 102 valence electrons. The molecule has 0 spiro atoms. The standard InChI is InChI=1S/C12H18FNO4/c1-12(2,3)18-11(16)14-7-4-9(15)10(13)8(14)6-17-5-7/h7-8,10H,4-6H2,1-3H3/t7-,8-,10-/m0/s1. The summed E-state index contributed by atoms with van der Waals surface area (Å²) in [5, 5.41) is 0. The van der Waals surface area contributed by atoms with Gasteiger partial charge in [-0.2, -0.15) is 0 Å². The summed E-state index contributed by atoms with van der Waals surface area (Å²) in [7, 11) is 0. The Hall–Kier alpha value is -1.17. The number of ether oxygens (including phenoxy) is 2. The highest BCUT2D eigenvalue weighted by Crippen LogP contribution is 2.29. The normalized spacial score (nSPS) is 32.3. The second-order valence-corrected chi connectivity index (χ2v) is 5.72. The third kappa shape index (κ3) is 2.48. The van der Waals surface area contributed by atoms with E-state index in [0.29, 0.717) is 0 Å². The number of carbonyl (C=O) groups is 2. The van der Waals surface area contributed by atoms with E-state index in [1.54, 1.807) is 20.8 Å². The lowest BCUT2D eigenvalue weighted by Gasteiger charge is -2.46. The molecule has 2 saturated heterocycles. The van der Waals surface area contributed by atoms with Crippen molar-refractivity contribution < 1.29 is 23.5 Å². The first-order valence-electron chi connectivity index (χ1n) is 6.05. The van der Waals surface area contributed by atoms with Crippen molar-refractivity contribution in [3.63, 3.8) is 0 Å². The minimum Gasteiger partial charge on any atom is -0.444 e. The van der Waals surface area contributed by atoms with Gasteiger partial charge >= 0.3 is 6.09 Å². The Morgan fingerprint density at radius 2 is 2.11 bits per heavy atom. The summed E-state index contributed by atoms with van der Waals surface area (Å²) in [6, 6.07) is -1.25. The van der Waals surface area contributed by atoms with Crippen LogP contribution >= 0.6 is 0 Å². The van der Waals surface area contributed by atoms with Gasteiger partial charge < -0.3 is 9.47 Å². The van der Waals surface area contributed by atoms with Gasteiger partial charge in [-0.25, -0.2) is 9.18 Å². The Balaban J connectivity index is 2.16. The predicted octanol–water partition coefficient (Wildman–Crippen LogP) is 1.30. The molecule has 0 saturated carbocycles. The number of rotatable bonds is 0. The van der Waals surface area contributed by atoms with E-state index in [1.165, 1.54) is 4.90 Å². The van der Waals surface area contributed by atoms with Gasteiger partial charge in [0.15, 0.2) is 12.0 Å². The number of hydrogen-bond acceptors (Lipinski definition) is 4. The summed E-state index contributed by atoms with van der Waals surface area (Å²) in [4.78, 5) is 24.8. The molecule has 0 radical (unpaired) electrons. The average molecular weight is 259 g/mol. The summed E-state index contributed by atoms with van der Waals surface area (Å²) in [5.74, 6) is -0.451. The summed E-state index contributed by atoms with van der Waals surface area (Å²) in [5.41, 5.74) is -0.639. The topological polar surface area (TPSA) is 55.8 Å². The van der Waals surface area contributed by atoms with Crippen molar-refractivity contribution in [1.82, 2.24) is 4.90 Å². The summed E-state index contributed by atoms with van der Waals surface area (Å²) in [6.07, 6.45) is -2.25. The summed E-state index contributed by atoms with van der Waals surface area (Å²) >= 11 is 0. The molecule has 6 heteroatoms. The number of morpholine rings is 1. The number of ketones is 1. The van der Waals surface area contributed by atoms with Gasteiger partial charge in [-0.3, -0.25) is 9.69 Å².